The highest BCUT2D eigenvalue weighted by molar-refractivity contribution is 9.11. The van der Waals surface area contributed by atoms with Crippen molar-refractivity contribution in [3.63, 3.8) is 0 Å². The molecule has 0 amide bonds. The maximum atomic E-state index is 11.6. The van der Waals surface area contributed by atoms with E-state index in [-0.39, 0.29) is 5.97 Å². The number of halogens is 2. The van der Waals surface area contributed by atoms with Crippen LogP contribution in [0.5, 0.6) is 5.75 Å². The second-order valence-electron chi connectivity index (χ2n) is 4.79. The molecule has 0 aliphatic heterocycles. The highest BCUT2D eigenvalue weighted by Crippen LogP contribution is 2.34. The average Bonchev–Trinajstić information content (AvgIpc) is 2.39. The van der Waals surface area contributed by atoms with Crippen LogP contribution in [0.2, 0.25) is 0 Å². The SMILES string of the molecule is CCOc1c(Br)cc(CNC(C)(C)C(=O)OC)cc1Br. The summed E-state index contributed by atoms with van der Waals surface area (Å²) in [6.45, 7) is 6.66. The molecule has 1 rings (SSSR count). The molecule has 4 nitrogen and oxygen atoms in total. The van der Waals surface area contributed by atoms with Crippen molar-refractivity contribution in [1.29, 1.82) is 0 Å². The molecule has 0 aromatic heterocycles. The van der Waals surface area contributed by atoms with Crippen LogP contribution < -0.4 is 10.1 Å². The first-order valence-electron chi connectivity index (χ1n) is 6.26. The molecule has 1 N–H and O–H groups in total. The molecule has 6 heteroatoms. The monoisotopic (exact) mass is 407 g/mol. The molecule has 0 atom stereocenters. The zero-order chi connectivity index (χ0) is 15.3. The molecule has 0 saturated heterocycles. The van der Waals surface area contributed by atoms with Gasteiger partial charge in [-0.05, 0) is 70.3 Å². The van der Waals surface area contributed by atoms with Crippen molar-refractivity contribution in [2.75, 3.05) is 13.7 Å². The first-order chi connectivity index (χ1) is 9.31. The summed E-state index contributed by atoms with van der Waals surface area (Å²) in [5, 5.41) is 3.17. The molecule has 20 heavy (non-hydrogen) atoms. The third-order valence-electron chi connectivity index (χ3n) is 2.78. The number of methoxy groups -OCH3 is 1. The Balaban J connectivity index is 2.82. The molecule has 1 aromatic carbocycles. The van der Waals surface area contributed by atoms with Crippen molar-refractivity contribution in [2.24, 2.45) is 0 Å². The fourth-order valence-electron chi connectivity index (χ4n) is 1.65. The molecule has 0 unspecified atom stereocenters. The normalized spacial score (nSPS) is 11.3. The van der Waals surface area contributed by atoms with Crippen molar-refractivity contribution in [1.82, 2.24) is 5.32 Å². The number of hydrogen-bond acceptors (Lipinski definition) is 4. The Morgan fingerprint density at radius 1 is 1.30 bits per heavy atom. The second-order valence-corrected chi connectivity index (χ2v) is 6.50. The summed E-state index contributed by atoms with van der Waals surface area (Å²) in [5.74, 6) is 0.491. The smallest absolute Gasteiger partial charge is 0.325 e. The third kappa shape index (κ3) is 4.46. The molecule has 0 radical (unpaired) electrons. The lowest BCUT2D eigenvalue weighted by atomic mass is 10.1. The fraction of sp³-hybridized carbons (Fsp3) is 0.500. The highest BCUT2D eigenvalue weighted by Gasteiger charge is 2.27. The molecule has 0 fully saturated rings. The zero-order valence-corrected chi connectivity index (χ0v) is 15.2. The number of carbonyl (C=O) groups is 1. The topological polar surface area (TPSA) is 47.6 Å². The Labute approximate surface area is 136 Å². The minimum absolute atomic E-state index is 0.290. The van der Waals surface area contributed by atoms with Crippen LogP contribution in [0.4, 0.5) is 0 Å². The highest BCUT2D eigenvalue weighted by atomic mass is 79.9. The summed E-state index contributed by atoms with van der Waals surface area (Å²) in [4.78, 5) is 11.6. The van der Waals surface area contributed by atoms with Gasteiger partial charge in [-0.2, -0.15) is 0 Å². The minimum atomic E-state index is -0.730. The van der Waals surface area contributed by atoms with Gasteiger partial charge >= 0.3 is 5.97 Å². The Bertz CT molecular complexity index is 466. The zero-order valence-electron chi connectivity index (χ0n) is 12.0. The van der Waals surface area contributed by atoms with Crippen molar-refractivity contribution < 1.29 is 14.3 Å². The Morgan fingerprint density at radius 3 is 2.30 bits per heavy atom. The van der Waals surface area contributed by atoms with Crippen LogP contribution in [0, 0.1) is 0 Å². The van der Waals surface area contributed by atoms with Crippen LogP contribution in [0.25, 0.3) is 0 Å². The number of hydrogen-bond donors (Lipinski definition) is 1. The van der Waals surface area contributed by atoms with Crippen LogP contribution >= 0.6 is 31.9 Å². The van der Waals surface area contributed by atoms with E-state index in [1.807, 2.05) is 19.1 Å². The first kappa shape index (κ1) is 17.5. The van der Waals surface area contributed by atoms with Crippen LogP contribution in [0.3, 0.4) is 0 Å². The van der Waals surface area contributed by atoms with Crippen LogP contribution in [0.15, 0.2) is 21.1 Å². The summed E-state index contributed by atoms with van der Waals surface area (Å²) in [6, 6.07) is 3.94. The molecule has 0 aliphatic rings. The predicted octanol–water partition coefficient (Wildman–Crippen LogP) is 3.65. The van der Waals surface area contributed by atoms with Gasteiger partial charge in [0.05, 0.1) is 22.7 Å². The van der Waals surface area contributed by atoms with Gasteiger partial charge in [0.15, 0.2) is 0 Å². The molecular weight excluding hydrogens is 390 g/mol. The van der Waals surface area contributed by atoms with Gasteiger partial charge in [0.25, 0.3) is 0 Å². The van der Waals surface area contributed by atoms with Gasteiger partial charge < -0.3 is 9.47 Å². The number of ether oxygens (including phenoxy) is 2. The maximum Gasteiger partial charge on any atom is 0.325 e. The van der Waals surface area contributed by atoms with E-state index < -0.39 is 5.54 Å². The largest absolute Gasteiger partial charge is 0.492 e. The summed E-state index contributed by atoms with van der Waals surface area (Å²) in [7, 11) is 1.38. The third-order valence-corrected chi connectivity index (χ3v) is 3.95. The number of rotatable bonds is 6. The quantitative estimate of drug-likeness (QED) is 0.729. The first-order valence-corrected chi connectivity index (χ1v) is 7.84. The van der Waals surface area contributed by atoms with E-state index in [2.05, 4.69) is 37.2 Å². The maximum absolute atomic E-state index is 11.6. The number of nitrogens with one attached hydrogen (secondary N) is 1. The van der Waals surface area contributed by atoms with Crippen LogP contribution in [-0.4, -0.2) is 25.2 Å². The van der Waals surface area contributed by atoms with Gasteiger partial charge in [-0.1, -0.05) is 0 Å². The van der Waals surface area contributed by atoms with E-state index in [9.17, 15) is 4.79 Å². The molecule has 0 spiro atoms. The van der Waals surface area contributed by atoms with E-state index in [4.69, 9.17) is 9.47 Å². The molecular formula is C14H19Br2NO3. The molecule has 0 bridgehead atoms. The van der Waals surface area contributed by atoms with E-state index in [0.717, 1.165) is 20.3 Å². The van der Waals surface area contributed by atoms with Gasteiger partial charge in [-0.3, -0.25) is 10.1 Å². The fourth-order valence-corrected chi connectivity index (χ4v) is 3.16. The minimum Gasteiger partial charge on any atom is -0.492 e. The average molecular weight is 409 g/mol. The lowest BCUT2D eigenvalue weighted by Crippen LogP contribution is -2.46. The Hall–Kier alpha value is -0.590. The van der Waals surface area contributed by atoms with E-state index in [1.54, 1.807) is 13.8 Å². The Kier molecular flexibility index (Phi) is 6.48. The number of carbonyl (C=O) groups excluding carboxylic acids is 1. The van der Waals surface area contributed by atoms with E-state index in [1.165, 1.54) is 7.11 Å². The molecule has 0 heterocycles. The molecule has 0 aliphatic carbocycles. The molecule has 1 aromatic rings. The van der Waals surface area contributed by atoms with Gasteiger partial charge in [-0.15, -0.1) is 0 Å². The van der Waals surface area contributed by atoms with E-state index in [0.29, 0.717) is 13.2 Å². The summed E-state index contributed by atoms with van der Waals surface area (Å²) in [6.07, 6.45) is 0. The predicted molar refractivity (Wildman–Crippen MR) is 85.9 cm³/mol. The van der Waals surface area contributed by atoms with Crippen LogP contribution in [-0.2, 0) is 16.1 Å². The lowest BCUT2D eigenvalue weighted by molar-refractivity contribution is -0.147. The second kappa shape index (κ2) is 7.43. The van der Waals surface area contributed by atoms with Crippen molar-refractivity contribution in [3.8, 4) is 5.75 Å². The summed E-state index contributed by atoms with van der Waals surface area (Å²) < 4.78 is 12.0. The lowest BCUT2D eigenvalue weighted by Gasteiger charge is -2.23. The van der Waals surface area contributed by atoms with Crippen molar-refractivity contribution in [3.05, 3.63) is 26.6 Å². The van der Waals surface area contributed by atoms with Crippen molar-refractivity contribution >= 4 is 37.8 Å². The van der Waals surface area contributed by atoms with Crippen LogP contribution in [0.1, 0.15) is 26.3 Å². The van der Waals surface area contributed by atoms with Gasteiger partial charge in [-0.25, -0.2) is 0 Å². The molecule has 112 valence electrons. The van der Waals surface area contributed by atoms with E-state index >= 15 is 0 Å². The summed E-state index contributed by atoms with van der Waals surface area (Å²) in [5.41, 5.74) is 0.302. The number of benzene rings is 1. The van der Waals surface area contributed by atoms with Gasteiger partial charge in [0, 0.05) is 6.54 Å². The Morgan fingerprint density at radius 2 is 1.85 bits per heavy atom. The van der Waals surface area contributed by atoms with Gasteiger partial charge in [0.2, 0.25) is 0 Å². The number of esters is 1. The van der Waals surface area contributed by atoms with Crippen molar-refractivity contribution in [2.45, 2.75) is 32.9 Å². The summed E-state index contributed by atoms with van der Waals surface area (Å²) >= 11 is 6.98. The molecule has 0 saturated carbocycles. The van der Waals surface area contributed by atoms with Gasteiger partial charge in [0.1, 0.15) is 11.3 Å². The standard InChI is InChI=1S/C14H19Br2NO3/c1-5-20-12-10(15)6-9(7-11(12)16)8-17-14(2,3)13(18)19-4/h6-7,17H,5,8H2,1-4H3.